The van der Waals surface area contributed by atoms with Gasteiger partial charge in [0.05, 0.1) is 7.11 Å². The molecular formula is C17H17Br3O. The van der Waals surface area contributed by atoms with E-state index in [1.807, 2.05) is 18.2 Å². The second-order valence-corrected chi connectivity index (χ2v) is 6.99. The van der Waals surface area contributed by atoms with Crippen LogP contribution in [0.3, 0.4) is 0 Å². The molecule has 0 fully saturated rings. The highest BCUT2D eigenvalue weighted by atomic mass is 79.9. The van der Waals surface area contributed by atoms with Gasteiger partial charge in [0.1, 0.15) is 5.75 Å². The molecule has 112 valence electrons. The zero-order valence-electron chi connectivity index (χ0n) is 11.8. The fraction of sp³-hybridized carbons (Fsp3) is 0.294. The minimum absolute atomic E-state index is 0.0330. The Bertz CT molecular complexity index is 594. The Morgan fingerprint density at radius 1 is 0.952 bits per heavy atom. The molecule has 0 atom stereocenters. The second kappa shape index (κ2) is 7.80. The Morgan fingerprint density at radius 3 is 2.19 bits per heavy atom. The highest BCUT2D eigenvalue weighted by molar-refractivity contribution is 9.10. The van der Waals surface area contributed by atoms with Crippen LogP contribution in [0.5, 0.6) is 5.75 Å². The van der Waals surface area contributed by atoms with Gasteiger partial charge in [-0.15, -0.1) is 0 Å². The monoisotopic (exact) mass is 474 g/mol. The van der Waals surface area contributed by atoms with Crippen LogP contribution in [0.4, 0.5) is 0 Å². The van der Waals surface area contributed by atoms with E-state index >= 15 is 0 Å². The Balaban J connectivity index is 2.46. The van der Waals surface area contributed by atoms with Crippen molar-refractivity contribution >= 4 is 47.8 Å². The number of halogens is 3. The summed E-state index contributed by atoms with van der Waals surface area (Å²) in [4.78, 5) is 0. The maximum absolute atomic E-state index is 5.50. The van der Waals surface area contributed by atoms with Gasteiger partial charge in [-0.25, -0.2) is 0 Å². The minimum atomic E-state index is -0.0330. The molecule has 1 nitrogen and oxygen atoms in total. The summed E-state index contributed by atoms with van der Waals surface area (Å²) in [6, 6.07) is 16.6. The summed E-state index contributed by atoms with van der Waals surface area (Å²) in [6.07, 6.45) is 0.899. The molecule has 2 rings (SSSR count). The van der Waals surface area contributed by atoms with E-state index in [4.69, 9.17) is 4.74 Å². The van der Waals surface area contributed by atoms with Crippen molar-refractivity contribution in [2.45, 2.75) is 11.8 Å². The molecule has 0 N–H and O–H groups in total. The fourth-order valence-corrected chi connectivity index (χ4v) is 5.11. The molecule has 0 aliphatic heterocycles. The molecule has 0 saturated heterocycles. The molecule has 0 aromatic heterocycles. The molecule has 0 radical (unpaired) electrons. The van der Waals surface area contributed by atoms with Crippen LogP contribution >= 0.6 is 47.8 Å². The van der Waals surface area contributed by atoms with Crippen LogP contribution in [0.15, 0.2) is 53.0 Å². The van der Waals surface area contributed by atoms with Crippen molar-refractivity contribution in [3.8, 4) is 5.75 Å². The van der Waals surface area contributed by atoms with Gasteiger partial charge < -0.3 is 4.74 Å². The summed E-state index contributed by atoms with van der Waals surface area (Å²) in [6.45, 7) is 0. The number of hydrogen-bond donors (Lipinski definition) is 0. The molecule has 2 aromatic carbocycles. The fourth-order valence-electron chi connectivity index (χ4n) is 2.47. The van der Waals surface area contributed by atoms with Gasteiger partial charge in [0.25, 0.3) is 0 Å². The summed E-state index contributed by atoms with van der Waals surface area (Å²) < 4.78 is 6.64. The predicted octanol–water partition coefficient (Wildman–Crippen LogP) is 5.73. The second-order valence-electron chi connectivity index (χ2n) is 5.02. The van der Waals surface area contributed by atoms with Crippen molar-refractivity contribution in [2.24, 2.45) is 0 Å². The van der Waals surface area contributed by atoms with Gasteiger partial charge in [0, 0.05) is 20.5 Å². The van der Waals surface area contributed by atoms with E-state index in [1.54, 1.807) is 7.11 Å². The lowest BCUT2D eigenvalue weighted by atomic mass is 9.79. The number of alkyl halides is 2. The molecule has 0 aliphatic carbocycles. The van der Waals surface area contributed by atoms with Crippen LogP contribution < -0.4 is 4.74 Å². The number of para-hydroxylation sites is 1. The third-order valence-corrected chi connectivity index (χ3v) is 6.52. The van der Waals surface area contributed by atoms with Crippen molar-refractivity contribution in [3.63, 3.8) is 0 Å². The average molecular weight is 477 g/mol. The number of benzene rings is 2. The van der Waals surface area contributed by atoms with Crippen LogP contribution in [-0.2, 0) is 11.8 Å². The Kier molecular flexibility index (Phi) is 6.33. The van der Waals surface area contributed by atoms with Crippen molar-refractivity contribution in [1.29, 1.82) is 0 Å². The first-order valence-corrected chi connectivity index (χ1v) is 9.69. The molecule has 2 aromatic rings. The van der Waals surface area contributed by atoms with Crippen LogP contribution in [0, 0.1) is 0 Å². The Labute approximate surface area is 151 Å². The number of rotatable bonds is 6. The predicted molar refractivity (Wildman–Crippen MR) is 100 cm³/mol. The molecule has 0 spiro atoms. The average Bonchev–Trinajstić information content (AvgIpc) is 2.54. The number of methoxy groups -OCH3 is 1. The van der Waals surface area contributed by atoms with Crippen molar-refractivity contribution in [2.75, 3.05) is 17.8 Å². The van der Waals surface area contributed by atoms with Gasteiger partial charge in [-0.1, -0.05) is 84.2 Å². The van der Waals surface area contributed by atoms with E-state index < -0.39 is 0 Å². The minimum Gasteiger partial charge on any atom is -0.496 e. The summed E-state index contributed by atoms with van der Waals surface area (Å²) >= 11 is 11.1. The maximum atomic E-state index is 5.50. The number of hydrogen-bond acceptors (Lipinski definition) is 1. The Morgan fingerprint density at radius 2 is 1.57 bits per heavy atom. The molecule has 21 heavy (non-hydrogen) atoms. The van der Waals surface area contributed by atoms with Crippen LogP contribution in [-0.4, -0.2) is 17.8 Å². The molecule has 0 amide bonds. The third kappa shape index (κ3) is 3.72. The molecule has 0 aliphatic rings. The lowest BCUT2D eigenvalue weighted by Crippen LogP contribution is -2.33. The topological polar surface area (TPSA) is 9.23 Å². The summed E-state index contributed by atoms with van der Waals surface area (Å²) in [5.41, 5.74) is 2.48. The first-order valence-electron chi connectivity index (χ1n) is 6.65. The van der Waals surface area contributed by atoms with Crippen molar-refractivity contribution in [3.05, 3.63) is 64.1 Å². The molecule has 0 unspecified atom stereocenters. The smallest absolute Gasteiger partial charge is 0.122 e. The maximum Gasteiger partial charge on any atom is 0.122 e. The molecule has 0 saturated carbocycles. The standard InChI is InChI=1S/C17H17Br3O/c1-21-16-9-5-2-6-13(16)10-17(11-18,12-19)14-7-3-4-8-15(14)20/h2-9H,10-12H2,1H3. The highest BCUT2D eigenvalue weighted by Gasteiger charge is 2.33. The first kappa shape index (κ1) is 17.0. The highest BCUT2D eigenvalue weighted by Crippen LogP contribution is 2.38. The van der Waals surface area contributed by atoms with E-state index in [0.717, 1.165) is 27.3 Å². The van der Waals surface area contributed by atoms with Crippen LogP contribution in [0.1, 0.15) is 11.1 Å². The van der Waals surface area contributed by atoms with Crippen molar-refractivity contribution in [1.82, 2.24) is 0 Å². The first-order chi connectivity index (χ1) is 10.2. The molecule has 0 bridgehead atoms. The normalized spacial score (nSPS) is 11.4. The third-order valence-electron chi connectivity index (χ3n) is 3.68. The largest absolute Gasteiger partial charge is 0.496 e. The van der Waals surface area contributed by atoms with Crippen LogP contribution in [0.25, 0.3) is 0 Å². The van der Waals surface area contributed by atoms with Gasteiger partial charge in [-0.3, -0.25) is 0 Å². The Hall–Kier alpha value is -0.320. The summed E-state index contributed by atoms with van der Waals surface area (Å²) in [7, 11) is 1.72. The SMILES string of the molecule is COc1ccccc1CC(CBr)(CBr)c1ccccc1Br. The van der Waals surface area contributed by atoms with Gasteiger partial charge >= 0.3 is 0 Å². The van der Waals surface area contributed by atoms with Gasteiger partial charge in [0.15, 0.2) is 0 Å². The van der Waals surface area contributed by atoms with Gasteiger partial charge in [-0.05, 0) is 29.7 Å². The lowest BCUT2D eigenvalue weighted by molar-refractivity contribution is 0.404. The van der Waals surface area contributed by atoms with E-state index in [9.17, 15) is 0 Å². The number of ether oxygens (including phenoxy) is 1. The van der Waals surface area contributed by atoms with E-state index in [2.05, 4.69) is 78.1 Å². The summed E-state index contributed by atoms with van der Waals surface area (Å²) in [5.74, 6) is 0.941. The molecular weight excluding hydrogens is 460 g/mol. The van der Waals surface area contributed by atoms with E-state index in [1.165, 1.54) is 11.1 Å². The van der Waals surface area contributed by atoms with Gasteiger partial charge in [-0.2, -0.15) is 0 Å². The zero-order chi connectivity index (χ0) is 15.3. The summed E-state index contributed by atoms with van der Waals surface area (Å²) in [5, 5.41) is 1.73. The quantitative estimate of drug-likeness (QED) is 0.484. The van der Waals surface area contributed by atoms with Crippen molar-refractivity contribution < 1.29 is 4.74 Å². The molecule has 4 heteroatoms. The molecule has 0 heterocycles. The van der Waals surface area contributed by atoms with E-state index in [0.29, 0.717) is 0 Å². The van der Waals surface area contributed by atoms with Crippen LogP contribution in [0.2, 0.25) is 0 Å². The lowest BCUT2D eigenvalue weighted by Gasteiger charge is -2.32. The van der Waals surface area contributed by atoms with E-state index in [-0.39, 0.29) is 5.41 Å². The van der Waals surface area contributed by atoms with Gasteiger partial charge in [0.2, 0.25) is 0 Å². The zero-order valence-corrected chi connectivity index (χ0v) is 16.5.